The summed E-state index contributed by atoms with van der Waals surface area (Å²) in [6.45, 7) is 7.57. The lowest BCUT2D eigenvalue weighted by molar-refractivity contribution is 0.0984. The molecule has 2 heterocycles. The van der Waals surface area contributed by atoms with Crippen LogP contribution in [-0.4, -0.2) is 34.3 Å². The molecule has 2 N–H and O–H groups in total. The molecule has 1 aromatic carbocycles. The van der Waals surface area contributed by atoms with Crippen molar-refractivity contribution in [3.05, 3.63) is 48.3 Å². The number of para-hydroxylation sites is 1. The fourth-order valence-corrected chi connectivity index (χ4v) is 3.69. The molecular weight excluding hydrogens is 272 g/mol. The Morgan fingerprint density at radius 2 is 1.86 bits per heavy atom. The van der Waals surface area contributed by atoms with Crippen molar-refractivity contribution in [3.63, 3.8) is 0 Å². The molecule has 2 aromatic rings. The van der Waals surface area contributed by atoms with Gasteiger partial charge in [0.2, 0.25) is 0 Å². The van der Waals surface area contributed by atoms with Crippen LogP contribution in [-0.2, 0) is 0 Å². The molecule has 1 aromatic heterocycles. The first-order valence-electron chi connectivity index (χ1n) is 8.21. The van der Waals surface area contributed by atoms with Gasteiger partial charge in [-0.05, 0) is 30.4 Å². The van der Waals surface area contributed by atoms with Crippen LogP contribution >= 0.6 is 0 Å². The van der Waals surface area contributed by atoms with E-state index < -0.39 is 0 Å². The highest BCUT2D eigenvalue weighted by atomic mass is 15.3. The molecule has 0 bridgehead atoms. The van der Waals surface area contributed by atoms with Crippen molar-refractivity contribution in [1.82, 2.24) is 14.7 Å². The Hall–Kier alpha value is -1.65. The fraction of sp³-hybridized carbons (Fsp3) is 0.500. The molecule has 1 saturated heterocycles. The summed E-state index contributed by atoms with van der Waals surface area (Å²) in [6, 6.07) is 10.5. The van der Waals surface area contributed by atoms with Gasteiger partial charge < -0.3 is 5.73 Å². The van der Waals surface area contributed by atoms with Crippen LogP contribution in [0.4, 0.5) is 0 Å². The van der Waals surface area contributed by atoms with Gasteiger partial charge in [0, 0.05) is 31.4 Å². The van der Waals surface area contributed by atoms with Gasteiger partial charge in [0.15, 0.2) is 0 Å². The number of likely N-dealkylation sites (tertiary alicyclic amines) is 1. The fourth-order valence-electron chi connectivity index (χ4n) is 3.69. The van der Waals surface area contributed by atoms with Gasteiger partial charge in [-0.15, -0.1) is 0 Å². The highest BCUT2D eigenvalue weighted by Gasteiger charge is 2.28. The maximum atomic E-state index is 6.10. The van der Waals surface area contributed by atoms with Gasteiger partial charge in [-0.25, -0.2) is 4.68 Å². The Balaban J connectivity index is 1.81. The molecule has 3 atom stereocenters. The minimum absolute atomic E-state index is 0.266. The van der Waals surface area contributed by atoms with E-state index in [0.29, 0.717) is 6.54 Å². The van der Waals surface area contributed by atoms with E-state index in [1.807, 2.05) is 29.1 Å². The van der Waals surface area contributed by atoms with E-state index in [2.05, 4.69) is 42.2 Å². The summed E-state index contributed by atoms with van der Waals surface area (Å²) in [4.78, 5) is 2.53. The van der Waals surface area contributed by atoms with Crippen LogP contribution < -0.4 is 5.73 Å². The van der Waals surface area contributed by atoms with Crippen molar-refractivity contribution in [2.75, 3.05) is 19.6 Å². The third-order valence-electron chi connectivity index (χ3n) is 4.57. The largest absolute Gasteiger partial charge is 0.329 e. The maximum absolute atomic E-state index is 6.10. The SMILES string of the molecule is CC1CC(C)CN(C(CN)c2cnn(-c3ccccc3)c2)C1. The van der Waals surface area contributed by atoms with Crippen molar-refractivity contribution >= 4 is 0 Å². The second kappa shape index (κ2) is 6.63. The molecule has 0 aliphatic carbocycles. The van der Waals surface area contributed by atoms with E-state index in [1.54, 1.807) is 0 Å². The van der Waals surface area contributed by atoms with Crippen LogP contribution in [0.5, 0.6) is 0 Å². The van der Waals surface area contributed by atoms with Gasteiger partial charge in [-0.3, -0.25) is 4.90 Å². The summed E-state index contributed by atoms with van der Waals surface area (Å²) in [5.41, 5.74) is 8.40. The monoisotopic (exact) mass is 298 g/mol. The second-order valence-electron chi connectivity index (χ2n) is 6.71. The molecule has 118 valence electrons. The minimum atomic E-state index is 0.266. The highest BCUT2D eigenvalue weighted by molar-refractivity contribution is 5.31. The van der Waals surface area contributed by atoms with Gasteiger partial charge in [0.25, 0.3) is 0 Å². The van der Waals surface area contributed by atoms with Gasteiger partial charge in [0.05, 0.1) is 17.9 Å². The molecule has 3 rings (SSSR count). The topological polar surface area (TPSA) is 47.1 Å². The van der Waals surface area contributed by atoms with Crippen molar-refractivity contribution in [2.24, 2.45) is 17.6 Å². The molecule has 0 saturated carbocycles. The Morgan fingerprint density at radius 3 is 2.50 bits per heavy atom. The lowest BCUT2D eigenvalue weighted by atomic mass is 9.90. The number of rotatable bonds is 4. The third kappa shape index (κ3) is 3.23. The number of piperidine rings is 1. The molecule has 1 fully saturated rings. The minimum Gasteiger partial charge on any atom is -0.329 e. The van der Waals surface area contributed by atoms with E-state index in [-0.39, 0.29) is 6.04 Å². The molecule has 1 aliphatic heterocycles. The maximum Gasteiger partial charge on any atom is 0.0645 e. The number of nitrogens with two attached hydrogens (primary N) is 1. The van der Waals surface area contributed by atoms with Crippen molar-refractivity contribution in [2.45, 2.75) is 26.3 Å². The van der Waals surface area contributed by atoms with Crippen LogP contribution in [0.2, 0.25) is 0 Å². The number of benzene rings is 1. The quantitative estimate of drug-likeness (QED) is 0.944. The average molecular weight is 298 g/mol. The van der Waals surface area contributed by atoms with Crippen molar-refractivity contribution < 1.29 is 0 Å². The van der Waals surface area contributed by atoms with E-state index in [4.69, 9.17) is 5.73 Å². The average Bonchev–Trinajstić information content (AvgIpc) is 2.98. The summed E-state index contributed by atoms with van der Waals surface area (Å²) in [5, 5.41) is 4.52. The highest BCUT2D eigenvalue weighted by Crippen LogP contribution is 2.29. The van der Waals surface area contributed by atoms with E-state index in [0.717, 1.165) is 30.6 Å². The summed E-state index contributed by atoms with van der Waals surface area (Å²) in [6.07, 6.45) is 5.41. The lowest BCUT2D eigenvalue weighted by Gasteiger charge is -2.39. The molecular formula is C18H26N4. The smallest absolute Gasteiger partial charge is 0.0645 e. The number of aromatic nitrogens is 2. The summed E-state index contributed by atoms with van der Waals surface area (Å²) >= 11 is 0. The first-order chi connectivity index (χ1) is 10.7. The lowest BCUT2D eigenvalue weighted by Crippen LogP contribution is -2.43. The molecule has 4 heteroatoms. The molecule has 4 nitrogen and oxygen atoms in total. The number of nitrogens with zero attached hydrogens (tertiary/aromatic N) is 3. The van der Waals surface area contributed by atoms with Crippen molar-refractivity contribution in [1.29, 1.82) is 0 Å². The van der Waals surface area contributed by atoms with Crippen molar-refractivity contribution in [3.8, 4) is 5.69 Å². The van der Waals surface area contributed by atoms with Gasteiger partial charge in [-0.1, -0.05) is 32.0 Å². The summed E-state index contributed by atoms with van der Waals surface area (Å²) < 4.78 is 1.94. The van der Waals surface area contributed by atoms with E-state index >= 15 is 0 Å². The standard InChI is InChI=1S/C18H26N4/c1-14-8-15(2)12-21(11-14)18(9-19)16-10-20-22(13-16)17-6-4-3-5-7-17/h3-7,10,13-15,18H,8-9,11-12,19H2,1-2H3. The summed E-state index contributed by atoms with van der Waals surface area (Å²) in [7, 11) is 0. The molecule has 0 spiro atoms. The molecule has 3 unspecified atom stereocenters. The summed E-state index contributed by atoms with van der Waals surface area (Å²) in [5.74, 6) is 1.48. The van der Waals surface area contributed by atoms with Gasteiger partial charge in [0.1, 0.15) is 0 Å². The van der Waals surface area contributed by atoms with Gasteiger partial charge >= 0.3 is 0 Å². The molecule has 1 aliphatic rings. The number of hydrogen-bond acceptors (Lipinski definition) is 3. The zero-order valence-electron chi connectivity index (χ0n) is 13.5. The van der Waals surface area contributed by atoms with E-state index in [1.165, 1.54) is 12.0 Å². The van der Waals surface area contributed by atoms with E-state index in [9.17, 15) is 0 Å². The van der Waals surface area contributed by atoms with Crippen LogP contribution in [0.1, 0.15) is 31.9 Å². The Kier molecular flexibility index (Phi) is 4.60. The van der Waals surface area contributed by atoms with Crippen LogP contribution in [0, 0.1) is 11.8 Å². The zero-order chi connectivity index (χ0) is 15.5. The normalized spacial score (nSPS) is 24.3. The first kappa shape index (κ1) is 15.3. The van der Waals surface area contributed by atoms with Crippen LogP contribution in [0.15, 0.2) is 42.7 Å². The molecule has 0 amide bonds. The first-order valence-corrected chi connectivity index (χ1v) is 8.21. The van der Waals surface area contributed by atoms with Gasteiger partial charge in [-0.2, -0.15) is 5.10 Å². The zero-order valence-corrected chi connectivity index (χ0v) is 13.5. The van der Waals surface area contributed by atoms with Crippen LogP contribution in [0.25, 0.3) is 5.69 Å². The Labute approximate surface area is 132 Å². The third-order valence-corrected chi connectivity index (χ3v) is 4.57. The molecule has 0 radical (unpaired) electrons. The Bertz CT molecular complexity index is 582. The predicted molar refractivity (Wildman–Crippen MR) is 89.9 cm³/mol. The second-order valence-corrected chi connectivity index (χ2v) is 6.71. The molecule has 22 heavy (non-hydrogen) atoms. The Morgan fingerprint density at radius 1 is 1.18 bits per heavy atom. The number of hydrogen-bond donors (Lipinski definition) is 1. The predicted octanol–water partition coefficient (Wildman–Crippen LogP) is 2.85. The van der Waals surface area contributed by atoms with Crippen LogP contribution in [0.3, 0.4) is 0 Å².